The molecule has 1 aliphatic rings. The minimum absolute atomic E-state index is 0.297. The zero-order valence-electron chi connectivity index (χ0n) is 12.9. The van der Waals surface area contributed by atoms with E-state index in [0.717, 1.165) is 17.9 Å². The Morgan fingerprint density at radius 2 is 2.10 bits per heavy atom. The first-order chi connectivity index (χ1) is 9.88. The molecule has 2 unspecified atom stereocenters. The molecule has 2 atom stereocenters. The molecule has 2 rings (SSSR count). The molecule has 0 radical (unpaired) electrons. The van der Waals surface area contributed by atoms with Crippen LogP contribution in [-0.4, -0.2) is 15.0 Å². The van der Waals surface area contributed by atoms with Gasteiger partial charge < -0.3 is 5.73 Å². The van der Waals surface area contributed by atoms with Crippen molar-refractivity contribution in [2.75, 3.05) is 12.3 Å². The molecule has 0 saturated heterocycles. The van der Waals surface area contributed by atoms with Crippen LogP contribution in [0.2, 0.25) is 0 Å². The van der Waals surface area contributed by atoms with E-state index >= 15 is 0 Å². The first-order valence-corrected chi connectivity index (χ1v) is 9.22. The zero-order chi connectivity index (χ0) is 15.5. The molecule has 0 spiro atoms. The molecule has 0 bridgehead atoms. The van der Waals surface area contributed by atoms with E-state index in [-0.39, 0.29) is 0 Å². The van der Waals surface area contributed by atoms with Gasteiger partial charge in [-0.3, -0.25) is 0 Å². The first-order valence-electron chi connectivity index (χ1n) is 7.74. The SMILES string of the molecule is Cc1cc(S(=O)(=O)NCCC2CCCC(C)C2)ccc1N. The average molecular weight is 310 g/mol. The van der Waals surface area contributed by atoms with Gasteiger partial charge in [0.2, 0.25) is 10.0 Å². The highest BCUT2D eigenvalue weighted by atomic mass is 32.2. The van der Waals surface area contributed by atoms with E-state index in [0.29, 0.717) is 23.0 Å². The Morgan fingerprint density at radius 3 is 2.76 bits per heavy atom. The monoisotopic (exact) mass is 310 g/mol. The van der Waals surface area contributed by atoms with Crippen LogP contribution >= 0.6 is 0 Å². The van der Waals surface area contributed by atoms with Gasteiger partial charge in [0.1, 0.15) is 0 Å². The van der Waals surface area contributed by atoms with E-state index in [1.165, 1.54) is 25.7 Å². The minimum Gasteiger partial charge on any atom is -0.399 e. The number of hydrogen-bond acceptors (Lipinski definition) is 3. The standard InChI is InChI=1S/C16H26N2O2S/c1-12-4-3-5-14(10-12)8-9-18-21(19,20)15-6-7-16(17)13(2)11-15/h6-7,11-12,14,18H,3-5,8-10,17H2,1-2H3. The van der Waals surface area contributed by atoms with Gasteiger partial charge in [-0.15, -0.1) is 0 Å². The molecule has 1 aromatic carbocycles. The molecule has 21 heavy (non-hydrogen) atoms. The Hall–Kier alpha value is -1.07. The highest BCUT2D eigenvalue weighted by molar-refractivity contribution is 7.89. The van der Waals surface area contributed by atoms with Crippen LogP contribution in [0.15, 0.2) is 23.1 Å². The van der Waals surface area contributed by atoms with Gasteiger partial charge >= 0.3 is 0 Å². The number of nitrogens with one attached hydrogen (secondary N) is 1. The molecule has 5 heteroatoms. The second-order valence-corrected chi connectivity index (χ2v) is 8.11. The Labute approximate surface area is 128 Å². The van der Waals surface area contributed by atoms with Crippen LogP contribution in [-0.2, 0) is 10.0 Å². The third-order valence-corrected chi connectivity index (χ3v) is 5.90. The molecule has 0 aromatic heterocycles. The molecule has 118 valence electrons. The number of nitrogens with two attached hydrogens (primary N) is 1. The summed E-state index contributed by atoms with van der Waals surface area (Å²) in [6, 6.07) is 4.83. The third kappa shape index (κ3) is 4.45. The fourth-order valence-electron chi connectivity index (χ4n) is 3.12. The predicted octanol–water partition coefficient (Wildman–Crippen LogP) is 3.07. The van der Waals surface area contributed by atoms with Crippen molar-refractivity contribution >= 4 is 15.7 Å². The van der Waals surface area contributed by atoms with Gasteiger partial charge in [-0.25, -0.2) is 13.1 Å². The second kappa shape index (κ2) is 6.79. The molecule has 3 N–H and O–H groups in total. The van der Waals surface area contributed by atoms with Crippen LogP contribution in [0.1, 0.15) is 44.6 Å². The second-order valence-electron chi connectivity index (χ2n) is 6.34. The largest absolute Gasteiger partial charge is 0.399 e. The quantitative estimate of drug-likeness (QED) is 0.821. The molecule has 0 amide bonds. The van der Waals surface area contributed by atoms with Crippen molar-refractivity contribution in [2.24, 2.45) is 11.8 Å². The average Bonchev–Trinajstić information content (AvgIpc) is 2.41. The number of aryl methyl sites for hydroxylation is 1. The lowest BCUT2D eigenvalue weighted by atomic mass is 9.81. The van der Waals surface area contributed by atoms with Crippen LogP contribution in [0.3, 0.4) is 0 Å². The Morgan fingerprint density at radius 1 is 1.33 bits per heavy atom. The van der Waals surface area contributed by atoms with E-state index in [9.17, 15) is 8.42 Å². The molecule has 1 saturated carbocycles. The number of anilines is 1. The third-order valence-electron chi connectivity index (χ3n) is 4.44. The van der Waals surface area contributed by atoms with Gasteiger partial charge in [0.15, 0.2) is 0 Å². The fraction of sp³-hybridized carbons (Fsp3) is 0.625. The number of rotatable bonds is 5. The van der Waals surface area contributed by atoms with Crippen LogP contribution in [0.5, 0.6) is 0 Å². The van der Waals surface area contributed by atoms with Gasteiger partial charge in [-0.05, 0) is 55.4 Å². The summed E-state index contributed by atoms with van der Waals surface area (Å²) in [4.78, 5) is 0.297. The topological polar surface area (TPSA) is 72.2 Å². The van der Waals surface area contributed by atoms with E-state index in [4.69, 9.17) is 5.73 Å². The van der Waals surface area contributed by atoms with Crippen molar-refractivity contribution in [1.29, 1.82) is 0 Å². The zero-order valence-corrected chi connectivity index (χ0v) is 13.7. The van der Waals surface area contributed by atoms with Crippen LogP contribution in [0.25, 0.3) is 0 Å². The van der Waals surface area contributed by atoms with Crippen LogP contribution < -0.4 is 10.5 Å². The highest BCUT2D eigenvalue weighted by Gasteiger charge is 2.20. The van der Waals surface area contributed by atoms with Crippen LogP contribution in [0.4, 0.5) is 5.69 Å². The smallest absolute Gasteiger partial charge is 0.240 e. The fourth-order valence-corrected chi connectivity index (χ4v) is 4.25. The highest BCUT2D eigenvalue weighted by Crippen LogP contribution is 2.30. The lowest BCUT2D eigenvalue weighted by Gasteiger charge is -2.26. The van der Waals surface area contributed by atoms with Gasteiger partial charge in [-0.1, -0.05) is 26.2 Å². The molecular formula is C16H26N2O2S. The van der Waals surface area contributed by atoms with Gasteiger partial charge in [0, 0.05) is 12.2 Å². The van der Waals surface area contributed by atoms with E-state index in [1.807, 2.05) is 6.92 Å². The molecular weight excluding hydrogens is 284 g/mol. The Kier molecular flexibility index (Phi) is 5.27. The lowest BCUT2D eigenvalue weighted by molar-refractivity contribution is 0.271. The molecule has 0 heterocycles. The maximum absolute atomic E-state index is 12.2. The lowest BCUT2D eigenvalue weighted by Crippen LogP contribution is -2.27. The number of hydrogen-bond donors (Lipinski definition) is 2. The van der Waals surface area contributed by atoms with Crippen molar-refractivity contribution in [3.63, 3.8) is 0 Å². The van der Waals surface area contributed by atoms with Crippen LogP contribution in [0, 0.1) is 18.8 Å². The Balaban J connectivity index is 1.90. The minimum atomic E-state index is -3.42. The summed E-state index contributed by atoms with van der Waals surface area (Å²) in [5.74, 6) is 1.43. The summed E-state index contributed by atoms with van der Waals surface area (Å²) in [7, 11) is -3.42. The van der Waals surface area contributed by atoms with Crippen molar-refractivity contribution < 1.29 is 8.42 Å². The van der Waals surface area contributed by atoms with Crippen molar-refractivity contribution in [1.82, 2.24) is 4.72 Å². The summed E-state index contributed by atoms with van der Waals surface area (Å²) in [5.41, 5.74) is 7.13. The van der Waals surface area contributed by atoms with E-state index in [2.05, 4.69) is 11.6 Å². The maximum atomic E-state index is 12.2. The molecule has 1 fully saturated rings. The summed E-state index contributed by atoms with van der Waals surface area (Å²) in [6.07, 6.45) is 5.97. The van der Waals surface area contributed by atoms with Gasteiger partial charge in [-0.2, -0.15) is 0 Å². The summed E-state index contributed by atoms with van der Waals surface area (Å²) in [6.45, 7) is 4.62. The summed E-state index contributed by atoms with van der Waals surface area (Å²) < 4.78 is 27.2. The molecule has 4 nitrogen and oxygen atoms in total. The van der Waals surface area contributed by atoms with Gasteiger partial charge in [0.05, 0.1) is 4.90 Å². The predicted molar refractivity (Wildman–Crippen MR) is 86.5 cm³/mol. The molecule has 1 aliphatic carbocycles. The number of sulfonamides is 1. The van der Waals surface area contributed by atoms with Crippen molar-refractivity contribution in [3.05, 3.63) is 23.8 Å². The van der Waals surface area contributed by atoms with Crippen molar-refractivity contribution in [3.8, 4) is 0 Å². The summed E-state index contributed by atoms with van der Waals surface area (Å²) in [5, 5.41) is 0. The molecule has 0 aliphatic heterocycles. The number of nitrogen functional groups attached to an aromatic ring is 1. The molecule has 1 aromatic rings. The van der Waals surface area contributed by atoms with E-state index in [1.54, 1.807) is 18.2 Å². The first kappa shape index (κ1) is 16.3. The number of benzene rings is 1. The van der Waals surface area contributed by atoms with Gasteiger partial charge in [0.25, 0.3) is 0 Å². The van der Waals surface area contributed by atoms with Crippen molar-refractivity contribution in [2.45, 2.75) is 50.8 Å². The van der Waals surface area contributed by atoms with E-state index < -0.39 is 10.0 Å². The summed E-state index contributed by atoms with van der Waals surface area (Å²) >= 11 is 0. The normalized spacial score (nSPS) is 23.1. The Bertz CT molecular complexity index is 584. The maximum Gasteiger partial charge on any atom is 0.240 e.